The molecule has 2 heterocycles. The van der Waals surface area contributed by atoms with Gasteiger partial charge in [0.05, 0.1) is 31.1 Å². The van der Waals surface area contributed by atoms with E-state index in [0.717, 1.165) is 26.3 Å². The lowest BCUT2D eigenvalue weighted by Crippen LogP contribution is -2.04. The van der Waals surface area contributed by atoms with Gasteiger partial charge in [-0.3, -0.25) is 0 Å². The zero-order valence-corrected chi connectivity index (χ0v) is 17.2. The summed E-state index contributed by atoms with van der Waals surface area (Å²) >= 11 is 8.19. The maximum Gasteiger partial charge on any atom is 0.209 e. The van der Waals surface area contributed by atoms with Gasteiger partial charge in [0.2, 0.25) is 5.82 Å². The fraction of sp³-hybridized carbons (Fsp3) is 0.111. The number of benzene rings is 2. The third-order valence-corrected chi connectivity index (χ3v) is 5.25. The van der Waals surface area contributed by atoms with Crippen molar-refractivity contribution >= 4 is 34.2 Å². The van der Waals surface area contributed by atoms with E-state index in [1.165, 1.54) is 0 Å². The molecule has 0 saturated carbocycles. The van der Waals surface area contributed by atoms with Crippen LogP contribution in [0.5, 0.6) is 5.75 Å². The van der Waals surface area contributed by atoms with E-state index in [-0.39, 0.29) is 0 Å². The predicted molar refractivity (Wildman–Crippen MR) is 110 cm³/mol. The van der Waals surface area contributed by atoms with Crippen LogP contribution in [0.3, 0.4) is 0 Å². The number of halogens is 2. The van der Waals surface area contributed by atoms with E-state index in [4.69, 9.17) is 16.3 Å². The normalized spacial score (nSPS) is 10.9. The van der Waals surface area contributed by atoms with Crippen LogP contribution in [0.4, 0.5) is 0 Å². The van der Waals surface area contributed by atoms with Gasteiger partial charge in [0, 0.05) is 5.02 Å². The lowest BCUT2D eigenvalue weighted by atomic mass is 10.2. The molecular formula is C18H14ClIN6O. The smallest absolute Gasteiger partial charge is 0.209 e. The van der Waals surface area contributed by atoms with Crippen LogP contribution in [-0.4, -0.2) is 37.1 Å². The van der Waals surface area contributed by atoms with Crippen molar-refractivity contribution in [2.24, 2.45) is 0 Å². The van der Waals surface area contributed by atoms with Gasteiger partial charge in [0.1, 0.15) is 9.45 Å². The summed E-state index contributed by atoms with van der Waals surface area (Å²) < 4.78 is 7.89. The number of ether oxygens (including phenoxy) is 1. The van der Waals surface area contributed by atoms with Gasteiger partial charge in [-0.1, -0.05) is 23.7 Å². The van der Waals surface area contributed by atoms with Gasteiger partial charge in [-0.25, -0.2) is 4.68 Å². The summed E-state index contributed by atoms with van der Waals surface area (Å²) in [5.41, 5.74) is 2.80. The van der Waals surface area contributed by atoms with Crippen molar-refractivity contribution in [1.82, 2.24) is 30.0 Å². The largest absolute Gasteiger partial charge is 0.497 e. The summed E-state index contributed by atoms with van der Waals surface area (Å²) in [6.07, 6.45) is 1.74. The first-order valence-electron chi connectivity index (χ1n) is 8.04. The molecule has 2 aromatic carbocycles. The van der Waals surface area contributed by atoms with E-state index in [1.54, 1.807) is 18.1 Å². The Kier molecular flexibility index (Phi) is 5.08. The van der Waals surface area contributed by atoms with E-state index < -0.39 is 0 Å². The van der Waals surface area contributed by atoms with Gasteiger partial charge in [0.25, 0.3) is 0 Å². The summed E-state index contributed by atoms with van der Waals surface area (Å²) in [5, 5.41) is 17.9. The van der Waals surface area contributed by atoms with E-state index >= 15 is 0 Å². The standard InChI is InChI=1S/C18H14ClIN6O/c1-27-15-8-2-12(3-9-15)11-25-23-18(22-24-25)16-10-21-26(17(16)20)14-6-4-13(19)5-7-14/h2-10H,11H2,1H3. The minimum absolute atomic E-state index is 0.527. The molecule has 9 heteroatoms. The Morgan fingerprint density at radius 3 is 2.52 bits per heavy atom. The number of rotatable bonds is 5. The van der Waals surface area contributed by atoms with Crippen LogP contribution in [0.15, 0.2) is 54.7 Å². The fourth-order valence-corrected chi connectivity index (χ4v) is 3.47. The quantitative estimate of drug-likeness (QED) is 0.396. The van der Waals surface area contributed by atoms with Crippen molar-refractivity contribution in [3.8, 4) is 22.8 Å². The van der Waals surface area contributed by atoms with Crippen molar-refractivity contribution in [3.05, 3.63) is 69.0 Å². The van der Waals surface area contributed by atoms with Crippen molar-refractivity contribution in [1.29, 1.82) is 0 Å². The Morgan fingerprint density at radius 1 is 1.07 bits per heavy atom. The Balaban J connectivity index is 1.57. The minimum Gasteiger partial charge on any atom is -0.497 e. The average molecular weight is 493 g/mol. The summed E-state index contributed by atoms with van der Waals surface area (Å²) in [6.45, 7) is 0.527. The van der Waals surface area contributed by atoms with Crippen LogP contribution in [0.2, 0.25) is 5.02 Å². The summed E-state index contributed by atoms with van der Waals surface area (Å²) in [7, 11) is 1.64. The predicted octanol–water partition coefficient (Wildman–Crippen LogP) is 3.84. The number of aromatic nitrogens is 6. The Morgan fingerprint density at radius 2 is 1.81 bits per heavy atom. The van der Waals surface area contributed by atoms with Gasteiger partial charge in [-0.2, -0.15) is 9.90 Å². The fourth-order valence-electron chi connectivity index (χ4n) is 2.56. The third kappa shape index (κ3) is 3.81. The number of tetrazole rings is 1. The van der Waals surface area contributed by atoms with Gasteiger partial charge in [-0.05, 0) is 69.8 Å². The molecule has 0 aliphatic carbocycles. The molecule has 0 spiro atoms. The lowest BCUT2D eigenvalue weighted by Gasteiger charge is -2.03. The zero-order valence-electron chi connectivity index (χ0n) is 14.3. The van der Waals surface area contributed by atoms with E-state index in [2.05, 4.69) is 43.1 Å². The Labute approximate surface area is 174 Å². The van der Waals surface area contributed by atoms with Gasteiger partial charge >= 0.3 is 0 Å². The highest BCUT2D eigenvalue weighted by atomic mass is 127. The molecule has 136 valence electrons. The van der Waals surface area contributed by atoms with E-state index in [0.29, 0.717) is 17.4 Å². The average Bonchev–Trinajstić information content (AvgIpc) is 3.29. The molecule has 0 radical (unpaired) electrons. The maximum absolute atomic E-state index is 5.96. The Hall–Kier alpha value is -2.46. The first kappa shape index (κ1) is 17.9. The SMILES string of the molecule is COc1ccc(Cn2nnc(-c3cnn(-c4ccc(Cl)cc4)c3I)n2)cc1. The molecule has 4 aromatic rings. The molecule has 0 amide bonds. The molecule has 0 aliphatic heterocycles. The molecule has 7 nitrogen and oxygen atoms in total. The molecule has 4 rings (SSSR count). The second-order valence-electron chi connectivity index (χ2n) is 5.73. The number of hydrogen-bond donors (Lipinski definition) is 0. The third-order valence-electron chi connectivity index (χ3n) is 3.96. The molecule has 0 unspecified atom stereocenters. The van der Waals surface area contributed by atoms with Crippen molar-refractivity contribution in [2.75, 3.05) is 7.11 Å². The Bertz CT molecular complexity index is 1060. The maximum atomic E-state index is 5.96. The highest BCUT2D eigenvalue weighted by molar-refractivity contribution is 14.1. The molecule has 0 bridgehead atoms. The van der Waals surface area contributed by atoms with Crippen LogP contribution in [0.25, 0.3) is 17.1 Å². The number of hydrogen-bond acceptors (Lipinski definition) is 5. The van der Waals surface area contributed by atoms with Crippen LogP contribution in [0, 0.1) is 3.70 Å². The van der Waals surface area contributed by atoms with Crippen molar-refractivity contribution in [3.63, 3.8) is 0 Å². The molecule has 0 aliphatic rings. The highest BCUT2D eigenvalue weighted by Gasteiger charge is 2.16. The van der Waals surface area contributed by atoms with Crippen LogP contribution < -0.4 is 4.74 Å². The highest BCUT2D eigenvalue weighted by Crippen LogP contribution is 2.24. The first-order chi connectivity index (χ1) is 13.1. The van der Waals surface area contributed by atoms with Crippen LogP contribution in [-0.2, 0) is 6.54 Å². The molecule has 0 fully saturated rings. The zero-order chi connectivity index (χ0) is 18.8. The van der Waals surface area contributed by atoms with Crippen molar-refractivity contribution in [2.45, 2.75) is 6.54 Å². The number of nitrogens with zero attached hydrogens (tertiary/aromatic N) is 6. The van der Waals surface area contributed by atoms with E-state index in [1.807, 2.05) is 53.2 Å². The molecule has 27 heavy (non-hydrogen) atoms. The van der Waals surface area contributed by atoms with Crippen LogP contribution in [0.1, 0.15) is 5.56 Å². The van der Waals surface area contributed by atoms with Crippen molar-refractivity contribution < 1.29 is 4.74 Å². The molecule has 2 aromatic heterocycles. The van der Waals surface area contributed by atoms with Gasteiger partial charge in [0.15, 0.2) is 0 Å². The number of methoxy groups -OCH3 is 1. The molecule has 0 atom stereocenters. The minimum atomic E-state index is 0.527. The molecular weight excluding hydrogens is 479 g/mol. The summed E-state index contributed by atoms with van der Waals surface area (Å²) in [6, 6.07) is 15.3. The topological polar surface area (TPSA) is 70.7 Å². The monoisotopic (exact) mass is 492 g/mol. The first-order valence-corrected chi connectivity index (χ1v) is 9.50. The van der Waals surface area contributed by atoms with Crippen LogP contribution >= 0.6 is 34.2 Å². The molecule has 0 N–H and O–H groups in total. The molecule has 0 saturated heterocycles. The summed E-state index contributed by atoms with van der Waals surface area (Å²) in [4.78, 5) is 1.56. The summed E-state index contributed by atoms with van der Waals surface area (Å²) in [5.74, 6) is 1.35. The second kappa shape index (κ2) is 7.65. The van der Waals surface area contributed by atoms with Gasteiger partial charge in [-0.15, -0.1) is 10.2 Å². The second-order valence-corrected chi connectivity index (χ2v) is 7.19. The van der Waals surface area contributed by atoms with Gasteiger partial charge < -0.3 is 4.74 Å². The van der Waals surface area contributed by atoms with E-state index in [9.17, 15) is 0 Å². The lowest BCUT2D eigenvalue weighted by molar-refractivity contribution is 0.414.